The van der Waals surface area contributed by atoms with Gasteiger partial charge in [0.15, 0.2) is 0 Å². The van der Waals surface area contributed by atoms with Gasteiger partial charge >= 0.3 is 0 Å². The first-order valence-electron chi connectivity index (χ1n) is 4.41. The summed E-state index contributed by atoms with van der Waals surface area (Å²) in [6.45, 7) is 3.58. The van der Waals surface area contributed by atoms with Crippen LogP contribution in [-0.2, 0) is 6.54 Å². The first-order valence-corrected chi connectivity index (χ1v) is 4.41. The summed E-state index contributed by atoms with van der Waals surface area (Å²) in [6.07, 6.45) is 6.62. The van der Waals surface area contributed by atoms with Crippen LogP contribution < -0.4 is 10.9 Å². The van der Waals surface area contributed by atoms with Crippen LogP contribution >= 0.6 is 0 Å². The summed E-state index contributed by atoms with van der Waals surface area (Å²) in [5.74, 6) is 2.46. The lowest BCUT2D eigenvalue weighted by Crippen LogP contribution is -2.27. The van der Waals surface area contributed by atoms with Crippen molar-refractivity contribution < 1.29 is 0 Å². The number of hydrogen-bond donors (Lipinski definition) is 1. The molecule has 0 saturated carbocycles. The Hall–Kier alpha value is -1.60. The lowest BCUT2D eigenvalue weighted by Gasteiger charge is -2.04. The molecule has 0 aromatic carbocycles. The Bertz CT molecular complexity index is 389. The number of aromatic nitrogens is 2. The molecule has 0 unspecified atom stereocenters. The van der Waals surface area contributed by atoms with E-state index in [1.54, 1.807) is 17.8 Å². The fourth-order valence-corrected chi connectivity index (χ4v) is 1.04. The zero-order valence-corrected chi connectivity index (χ0v) is 8.16. The lowest BCUT2D eigenvalue weighted by molar-refractivity contribution is 0.602. The minimum absolute atomic E-state index is 0.0278. The molecule has 1 aromatic rings. The molecule has 0 radical (unpaired) electrons. The Balaban J connectivity index is 2.52. The van der Waals surface area contributed by atoms with Crippen LogP contribution in [0.2, 0.25) is 0 Å². The predicted molar refractivity (Wildman–Crippen MR) is 54.9 cm³/mol. The average Bonchev–Trinajstić information content (AvgIpc) is 2.15. The van der Waals surface area contributed by atoms with Crippen LogP contribution in [0.3, 0.4) is 0 Å². The SMILES string of the molecule is C#CCNCCn1cnc(C)cc1=O. The van der Waals surface area contributed by atoms with Crippen molar-refractivity contribution in [3.05, 3.63) is 28.4 Å². The minimum atomic E-state index is -0.0278. The van der Waals surface area contributed by atoms with Crippen molar-refractivity contribution in [2.24, 2.45) is 0 Å². The Kier molecular flexibility index (Phi) is 3.89. The first kappa shape index (κ1) is 10.5. The van der Waals surface area contributed by atoms with Crippen LogP contribution in [0.5, 0.6) is 0 Å². The van der Waals surface area contributed by atoms with Gasteiger partial charge in [-0.15, -0.1) is 6.42 Å². The van der Waals surface area contributed by atoms with E-state index in [1.807, 2.05) is 0 Å². The molecule has 1 rings (SSSR count). The second-order valence-corrected chi connectivity index (χ2v) is 2.94. The summed E-state index contributed by atoms with van der Waals surface area (Å²) in [4.78, 5) is 15.4. The normalized spacial score (nSPS) is 9.71. The molecule has 1 heterocycles. The highest BCUT2D eigenvalue weighted by Crippen LogP contribution is 1.83. The van der Waals surface area contributed by atoms with Gasteiger partial charge in [-0.1, -0.05) is 5.92 Å². The molecular formula is C10H13N3O. The molecule has 1 aromatic heterocycles. The standard InChI is InChI=1S/C10H13N3O/c1-3-4-11-5-6-13-8-12-9(2)7-10(13)14/h1,7-8,11H,4-6H2,2H3. The zero-order valence-electron chi connectivity index (χ0n) is 8.16. The third-order valence-electron chi connectivity index (χ3n) is 1.77. The molecule has 0 bridgehead atoms. The van der Waals surface area contributed by atoms with Gasteiger partial charge in [0, 0.05) is 24.8 Å². The Labute approximate surface area is 83.0 Å². The second kappa shape index (κ2) is 5.20. The molecule has 0 aliphatic carbocycles. The molecule has 4 nitrogen and oxygen atoms in total. The van der Waals surface area contributed by atoms with Crippen LogP contribution in [-0.4, -0.2) is 22.6 Å². The van der Waals surface area contributed by atoms with E-state index < -0.39 is 0 Å². The quantitative estimate of drug-likeness (QED) is 0.528. The van der Waals surface area contributed by atoms with Crippen LogP contribution in [0.1, 0.15) is 5.69 Å². The van der Waals surface area contributed by atoms with E-state index in [1.165, 1.54) is 6.07 Å². The number of aryl methyl sites for hydroxylation is 1. The van der Waals surface area contributed by atoms with Gasteiger partial charge in [-0.25, -0.2) is 4.98 Å². The first-order chi connectivity index (χ1) is 6.74. The molecule has 0 aliphatic heterocycles. The highest BCUT2D eigenvalue weighted by atomic mass is 16.1. The van der Waals surface area contributed by atoms with Crippen molar-refractivity contribution in [3.8, 4) is 12.3 Å². The van der Waals surface area contributed by atoms with Gasteiger partial charge < -0.3 is 5.32 Å². The van der Waals surface area contributed by atoms with Gasteiger partial charge in [0.1, 0.15) is 0 Å². The molecule has 74 valence electrons. The number of nitrogens with zero attached hydrogens (tertiary/aromatic N) is 2. The molecule has 14 heavy (non-hydrogen) atoms. The second-order valence-electron chi connectivity index (χ2n) is 2.94. The van der Waals surface area contributed by atoms with Gasteiger partial charge in [0.05, 0.1) is 12.9 Å². The van der Waals surface area contributed by atoms with Crippen molar-refractivity contribution in [2.75, 3.05) is 13.1 Å². The molecule has 4 heteroatoms. The van der Waals surface area contributed by atoms with Crippen molar-refractivity contribution in [1.82, 2.24) is 14.9 Å². The van der Waals surface area contributed by atoms with Crippen LogP contribution in [0, 0.1) is 19.3 Å². The lowest BCUT2D eigenvalue weighted by atomic mass is 10.4. The summed E-state index contributed by atoms with van der Waals surface area (Å²) >= 11 is 0. The number of rotatable bonds is 4. The van der Waals surface area contributed by atoms with Crippen molar-refractivity contribution in [2.45, 2.75) is 13.5 Å². The van der Waals surface area contributed by atoms with E-state index in [4.69, 9.17) is 6.42 Å². The summed E-state index contributed by atoms with van der Waals surface area (Å²) in [5.41, 5.74) is 0.711. The highest BCUT2D eigenvalue weighted by Gasteiger charge is 1.95. The predicted octanol–water partition coefficient (Wildman–Crippen LogP) is -0.225. The van der Waals surface area contributed by atoms with E-state index >= 15 is 0 Å². The van der Waals surface area contributed by atoms with Crippen molar-refractivity contribution in [3.63, 3.8) is 0 Å². The van der Waals surface area contributed by atoms with Crippen molar-refractivity contribution in [1.29, 1.82) is 0 Å². The zero-order chi connectivity index (χ0) is 10.4. The molecule has 0 spiro atoms. The Morgan fingerprint density at radius 1 is 1.71 bits per heavy atom. The Morgan fingerprint density at radius 2 is 2.50 bits per heavy atom. The molecular weight excluding hydrogens is 178 g/mol. The molecule has 0 saturated heterocycles. The smallest absolute Gasteiger partial charge is 0.253 e. The summed E-state index contributed by atoms with van der Waals surface area (Å²) < 4.78 is 1.55. The largest absolute Gasteiger partial charge is 0.304 e. The van der Waals surface area contributed by atoms with Crippen LogP contribution in [0.25, 0.3) is 0 Å². The summed E-state index contributed by atoms with van der Waals surface area (Å²) in [5, 5.41) is 3.00. The van der Waals surface area contributed by atoms with Gasteiger partial charge in [-0.3, -0.25) is 9.36 Å². The fourth-order valence-electron chi connectivity index (χ4n) is 1.04. The maximum Gasteiger partial charge on any atom is 0.253 e. The molecule has 1 N–H and O–H groups in total. The minimum Gasteiger partial charge on any atom is -0.304 e. The topological polar surface area (TPSA) is 46.9 Å². The molecule has 0 amide bonds. The van der Waals surface area contributed by atoms with Gasteiger partial charge in [0.25, 0.3) is 5.56 Å². The van der Waals surface area contributed by atoms with E-state index in [2.05, 4.69) is 16.2 Å². The molecule has 0 fully saturated rings. The molecule has 0 atom stereocenters. The van der Waals surface area contributed by atoms with E-state index in [0.717, 1.165) is 5.69 Å². The third-order valence-corrected chi connectivity index (χ3v) is 1.77. The summed E-state index contributed by atoms with van der Waals surface area (Å²) in [6, 6.07) is 1.52. The summed E-state index contributed by atoms with van der Waals surface area (Å²) in [7, 11) is 0. The number of terminal acetylenes is 1. The maximum absolute atomic E-state index is 11.4. The maximum atomic E-state index is 11.4. The van der Waals surface area contributed by atoms with E-state index in [0.29, 0.717) is 19.6 Å². The monoisotopic (exact) mass is 191 g/mol. The average molecular weight is 191 g/mol. The third kappa shape index (κ3) is 3.04. The van der Waals surface area contributed by atoms with Gasteiger partial charge in [-0.2, -0.15) is 0 Å². The number of nitrogens with one attached hydrogen (secondary N) is 1. The fraction of sp³-hybridized carbons (Fsp3) is 0.400. The highest BCUT2D eigenvalue weighted by molar-refractivity contribution is 4.96. The van der Waals surface area contributed by atoms with Crippen LogP contribution in [0.15, 0.2) is 17.2 Å². The van der Waals surface area contributed by atoms with Crippen molar-refractivity contribution >= 4 is 0 Å². The number of hydrogen-bond acceptors (Lipinski definition) is 3. The van der Waals surface area contributed by atoms with Gasteiger partial charge in [0.2, 0.25) is 0 Å². The van der Waals surface area contributed by atoms with Gasteiger partial charge in [-0.05, 0) is 6.92 Å². The Morgan fingerprint density at radius 3 is 3.14 bits per heavy atom. The van der Waals surface area contributed by atoms with E-state index in [-0.39, 0.29) is 5.56 Å². The molecule has 0 aliphatic rings. The van der Waals surface area contributed by atoms with Crippen LogP contribution in [0.4, 0.5) is 0 Å². The van der Waals surface area contributed by atoms with E-state index in [9.17, 15) is 4.79 Å².